The van der Waals surface area contributed by atoms with Crippen molar-refractivity contribution in [1.82, 2.24) is 0 Å². The topological polar surface area (TPSA) is 84.4 Å². The van der Waals surface area contributed by atoms with Gasteiger partial charge in [-0.15, -0.1) is 0 Å². The molecular formula is C19H23F3N4OS. The summed E-state index contributed by atoms with van der Waals surface area (Å²) < 4.78 is 54.0. The Morgan fingerprint density at radius 1 is 1.18 bits per heavy atom. The minimum absolute atomic E-state index is 0.246. The molecule has 5 nitrogen and oxygen atoms in total. The van der Waals surface area contributed by atoms with Crippen molar-refractivity contribution in [3.63, 3.8) is 0 Å². The van der Waals surface area contributed by atoms with Crippen molar-refractivity contribution in [3.8, 4) is 0 Å². The van der Waals surface area contributed by atoms with Crippen molar-refractivity contribution in [3.05, 3.63) is 66.0 Å². The van der Waals surface area contributed by atoms with Gasteiger partial charge in [0.15, 0.2) is 0 Å². The van der Waals surface area contributed by atoms with Crippen LogP contribution in [0.1, 0.15) is 31.7 Å². The number of hydrogen-bond acceptors (Lipinski definition) is 4. The number of hydrazine groups is 1. The molecule has 0 radical (unpaired) electrons. The molecule has 0 amide bonds. The number of halogens is 3. The van der Waals surface area contributed by atoms with Crippen molar-refractivity contribution >= 4 is 22.4 Å². The molecule has 5 N–H and O–H groups in total. The van der Waals surface area contributed by atoms with Gasteiger partial charge >= 0.3 is 6.18 Å². The second-order valence-electron chi connectivity index (χ2n) is 6.12. The van der Waals surface area contributed by atoms with E-state index in [9.17, 15) is 17.4 Å². The molecule has 2 aromatic rings. The summed E-state index contributed by atoms with van der Waals surface area (Å²) in [6, 6.07) is 11.2. The molecule has 2 aromatic carbocycles. The van der Waals surface area contributed by atoms with Gasteiger partial charge in [0.2, 0.25) is 0 Å². The van der Waals surface area contributed by atoms with Gasteiger partial charge in [-0.2, -0.15) is 13.2 Å². The van der Waals surface area contributed by atoms with Crippen LogP contribution >= 0.6 is 0 Å². The van der Waals surface area contributed by atoms with Crippen molar-refractivity contribution in [2.45, 2.75) is 37.3 Å². The monoisotopic (exact) mass is 412 g/mol. The molecule has 0 heterocycles. The first-order chi connectivity index (χ1) is 13.2. The molecule has 0 bridgehead atoms. The van der Waals surface area contributed by atoms with E-state index in [0.29, 0.717) is 16.3 Å². The second kappa shape index (κ2) is 9.61. The number of para-hydroxylation sites is 1. The molecule has 28 heavy (non-hydrogen) atoms. The minimum atomic E-state index is -4.54. The van der Waals surface area contributed by atoms with E-state index in [4.69, 9.17) is 11.6 Å². The lowest BCUT2D eigenvalue weighted by Crippen LogP contribution is -2.26. The summed E-state index contributed by atoms with van der Waals surface area (Å²) in [6.45, 7) is 2.06. The van der Waals surface area contributed by atoms with Gasteiger partial charge in [0.25, 0.3) is 0 Å². The third-order valence-electron chi connectivity index (χ3n) is 3.91. The maximum Gasteiger partial charge on any atom is 0.418 e. The zero-order valence-corrected chi connectivity index (χ0v) is 16.2. The van der Waals surface area contributed by atoms with Crippen LogP contribution in [0, 0.1) is 0 Å². The predicted octanol–water partition coefficient (Wildman–Crippen LogP) is 4.51. The minimum Gasteiger partial charge on any atom is -0.401 e. The zero-order chi connectivity index (χ0) is 20.7. The number of allylic oxidation sites excluding steroid dienone is 1. The van der Waals surface area contributed by atoms with E-state index in [-0.39, 0.29) is 5.69 Å². The number of benzene rings is 2. The van der Waals surface area contributed by atoms with Crippen LogP contribution < -0.4 is 21.3 Å². The fourth-order valence-corrected chi connectivity index (χ4v) is 3.30. The Balaban J connectivity index is 2.11. The Morgan fingerprint density at radius 3 is 2.43 bits per heavy atom. The standard InChI is InChI=1S/C19H23F3N4OS/c1-2-3-6-14(23)13-26(24)15-9-11-16(12-10-15)28(27)25-18-8-5-4-7-17(18)19(20,21)22/h4-5,7-13,25H,2-3,6,23-24H2,1H3/b14-13-. The van der Waals surface area contributed by atoms with Gasteiger partial charge in [-0.25, -0.2) is 10.1 Å². The number of rotatable bonds is 8. The summed E-state index contributed by atoms with van der Waals surface area (Å²) in [5, 5.41) is 1.35. The quantitative estimate of drug-likeness (QED) is 0.440. The second-order valence-corrected chi connectivity index (χ2v) is 7.34. The number of unbranched alkanes of at least 4 members (excludes halogenated alkanes) is 1. The molecular weight excluding hydrogens is 389 g/mol. The first kappa shape index (κ1) is 21.8. The van der Waals surface area contributed by atoms with Gasteiger partial charge in [0.05, 0.1) is 21.8 Å². The normalized spacial score (nSPS) is 13.2. The summed E-state index contributed by atoms with van der Waals surface area (Å²) in [6.07, 6.45) is -0.223. The molecule has 0 aliphatic heterocycles. The Kier molecular flexibility index (Phi) is 7.47. The van der Waals surface area contributed by atoms with Crippen LogP contribution in [0.2, 0.25) is 0 Å². The third kappa shape index (κ3) is 6.00. The predicted molar refractivity (Wildman–Crippen MR) is 106 cm³/mol. The van der Waals surface area contributed by atoms with Crippen molar-refractivity contribution in [2.75, 3.05) is 9.73 Å². The fourth-order valence-electron chi connectivity index (χ4n) is 2.42. The van der Waals surface area contributed by atoms with E-state index in [1.165, 1.54) is 35.3 Å². The van der Waals surface area contributed by atoms with Gasteiger partial charge in [0.1, 0.15) is 11.0 Å². The van der Waals surface area contributed by atoms with E-state index in [1.807, 2.05) is 0 Å². The Morgan fingerprint density at radius 2 is 1.82 bits per heavy atom. The van der Waals surface area contributed by atoms with Crippen molar-refractivity contribution in [1.29, 1.82) is 0 Å². The van der Waals surface area contributed by atoms with Crippen LogP contribution in [0.5, 0.6) is 0 Å². The van der Waals surface area contributed by atoms with E-state index in [2.05, 4.69) is 11.6 Å². The number of nitrogens with two attached hydrogens (primary N) is 2. The molecule has 0 aliphatic rings. The zero-order valence-electron chi connectivity index (χ0n) is 15.4. The molecule has 0 saturated heterocycles. The van der Waals surface area contributed by atoms with Crippen LogP contribution in [0.15, 0.2) is 65.3 Å². The van der Waals surface area contributed by atoms with Gasteiger partial charge in [-0.3, -0.25) is 5.01 Å². The number of alkyl halides is 3. The van der Waals surface area contributed by atoms with Gasteiger partial charge in [-0.05, 0) is 49.2 Å². The van der Waals surface area contributed by atoms with E-state index in [0.717, 1.165) is 25.3 Å². The molecule has 1 unspecified atom stereocenters. The first-order valence-corrected chi connectivity index (χ1v) is 9.82. The molecule has 152 valence electrons. The molecule has 0 saturated carbocycles. The highest BCUT2D eigenvalue weighted by atomic mass is 32.2. The molecule has 1 atom stereocenters. The first-order valence-electron chi connectivity index (χ1n) is 8.67. The number of anilines is 2. The van der Waals surface area contributed by atoms with Gasteiger partial charge in [0, 0.05) is 11.9 Å². The molecule has 2 rings (SSSR count). The highest BCUT2D eigenvalue weighted by Gasteiger charge is 2.33. The van der Waals surface area contributed by atoms with Crippen LogP contribution in [-0.2, 0) is 17.2 Å². The van der Waals surface area contributed by atoms with Crippen LogP contribution in [0.3, 0.4) is 0 Å². The van der Waals surface area contributed by atoms with Crippen LogP contribution in [0.4, 0.5) is 24.5 Å². The SMILES string of the molecule is CCCC/C(N)=C/N(N)c1ccc(S(=O)Nc2ccccc2C(F)(F)F)cc1. The van der Waals surface area contributed by atoms with E-state index < -0.39 is 22.7 Å². The molecule has 0 spiro atoms. The summed E-state index contributed by atoms with van der Waals surface area (Å²) in [5.74, 6) is 5.95. The molecule has 0 fully saturated rings. The summed E-state index contributed by atoms with van der Waals surface area (Å²) in [4.78, 5) is 0.317. The number of hydrogen-bond donors (Lipinski definition) is 3. The Bertz CT molecular complexity index is 838. The molecule has 9 heteroatoms. The smallest absolute Gasteiger partial charge is 0.401 e. The number of nitrogens with zero attached hydrogens (tertiary/aromatic N) is 1. The lowest BCUT2D eigenvalue weighted by molar-refractivity contribution is -0.136. The summed E-state index contributed by atoms with van der Waals surface area (Å²) >= 11 is 0. The Hall–Kier alpha value is -2.52. The average Bonchev–Trinajstić information content (AvgIpc) is 2.66. The lowest BCUT2D eigenvalue weighted by Gasteiger charge is -2.16. The van der Waals surface area contributed by atoms with Crippen LogP contribution in [0.25, 0.3) is 0 Å². The number of nitrogens with one attached hydrogen (secondary N) is 1. The van der Waals surface area contributed by atoms with Crippen molar-refractivity contribution < 1.29 is 17.4 Å². The largest absolute Gasteiger partial charge is 0.418 e. The third-order valence-corrected chi connectivity index (χ3v) is 5.01. The maximum atomic E-state index is 13.1. The van der Waals surface area contributed by atoms with Crippen molar-refractivity contribution in [2.24, 2.45) is 11.6 Å². The molecule has 0 aromatic heterocycles. The van der Waals surface area contributed by atoms with Gasteiger partial charge < -0.3 is 10.5 Å². The van der Waals surface area contributed by atoms with E-state index in [1.54, 1.807) is 18.3 Å². The molecule has 0 aliphatic carbocycles. The summed E-state index contributed by atoms with van der Waals surface area (Å²) in [7, 11) is -1.87. The van der Waals surface area contributed by atoms with Gasteiger partial charge in [-0.1, -0.05) is 25.5 Å². The lowest BCUT2D eigenvalue weighted by atomic mass is 10.2. The highest BCUT2D eigenvalue weighted by Crippen LogP contribution is 2.35. The average molecular weight is 412 g/mol. The van der Waals surface area contributed by atoms with E-state index >= 15 is 0 Å². The fraction of sp³-hybridized carbons (Fsp3) is 0.263. The van der Waals surface area contributed by atoms with Crippen LogP contribution in [-0.4, -0.2) is 4.21 Å². The summed E-state index contributed by atoms with van der Waals surface area (Å²) in [5.41, 5.74) is 6.03. The Labute approximate surface area is 164 Å². The maximum absolute atomic E-state index is 13.1. The highest BCUT2D eigenvalue weighted by molar-refractivity contribution is 7.86.